The molecule has 1 saturated heterocycles. The number of nitrogens with zero attached hydrogens (tertiary/aromatic N) is 2. The van der Waals surface area contributed by atoms with Crippen molar-refractivity contribution in [2.45, 2.75) is 26.4 Å². The van der Waals surface area contributed by atoms with Crippen molar-refractivity contribution in [1.29, 1.82) is 0 Å². The van der Waals surface area contributed by atoms with Gasteiger partial charge in [-0.05, 0) is 35.7 Å². The second-order valence-corrected chi connectivity index (χ2v) is 8.46. The molecule has 0 aromatic heterocycles. The molecule has 2 aromatic carbocycles. The Balaban J connectivity index is 1.60. The average molecular weight is 450 g/mol. The van der Waals surface area contributed by atoms with E-state index in [2.05, 4.69) is 10.2 Å². The molecule has 1 aliphatic heterocycles. The fourth-order valence-corrected chi connectivity index (χ4v) is 3.74. The van der Waals surface area contributed by atoms with E-state index >= 15 is 0 Å². The summed E-state index contributed by atoms with van der Waals surface area (Å²) in [6, 6.07) is 10.0. The second kappa shape index (κ2) is 10.2. The van der Waals surface area contributed by atoms with Crippen molar-refractivity contribution in [2.75, 3.05) is 26.2 Å². The Morgan fingerprint density at radius 2 is 1.58 bits per heavy atom. The van der Waals surface area contributed by atoms with Gasteiger partial charge >= 0.3 is 0 Å². The number of rotatable bonds is 6. The minimum Gasteiger partial charge on any atom is -0.340 e. The van der Waals surface area contributed by atoms with E-state index in [0.29, 0.717) is 31.2 Å². The number of carbonyl (C=O) groups excluding carboxylic acids is 2. The summed E-state index contributed by atoms with van der Waals surface area (Å²) in [5.41, 5.74) is 0.470. The van der Waals surface area contributed by atoms with E-state index < -0.39 is 29.1 Å². The second-order valence-electron chi connectivity index (χ2n) is 8.02. The van der Waals surface area contributed by atoms with Gasteiger partial charge in [-0.2, -0.15) is 0 Å². The maximum atomic E-state index is 13.9. The summed E-state index contributed by atoms with van der Waals surface area (Å²) in [5, 5.41) is 3.22. The van der Waals surface area contributed by atoms with Crippen LogP contribution >= 0.6 is 11.6 Å². The van der Waals surface area contributed by atoms with Gasteiger partial charge in [-0.15, -0.1) is 0 Å². The van der Waals surface area contributed by atoms with E-state index in [-0.39, 0.29) is 11.8 Å². The molecule has 1 unspecified atom stereocenters. The van der Waals surface area contributed by atoms with Crippen molar-refractivity contribution in [3.05, 3.63) is 70.2 Å². The standard InChI is InChI=1S/C23H26ClF2N3O2/c1-15(2)21(27-22(30)20-18(25)4-3-5-19(20)26)23(31)29-12-10-28(11-13-29)14-16-6-8-17(24)9-7-16/h3-9,15,21H,10-14H2,1-2H3,(H,27,30). The summed E-state index contributed by atoms with van der Waals surface area (Å²) in [6.07, 6.45) is 0. The molecule has 31 heavy (non-hydrogen) atoms. The molecule has 8 heteroatoms. The zero-order valence-electron chi connectivity index (χ0n) is 17.6. The lowest BCUT2D eigenvalue weighted by atomic mass is 10.0. The lowest BCUT2D eigenvalue weighted by molar-refractivity contribution is -0.136. The Morgan fingerprint density at radius 3 is 2.13 bits per heavy atom. The van der Waals surface area contributed by atoms with Crippen molar-refractivity contribution in [1.82, 2.24) is 15.1 Å². The van der Waals surface area contributed by atoms with Crippen molar-refractivity contribution in [3.8, 4) is 0 Å². The molecule has 0 saturated carbocycles. The van der Waals surface area contributed by atoms with Crippen LogP contribution in [0.25, 0.3) is 0 Å². The van der Waals surface area contributed by atoms with E-state index in [0.717, 1.165) is 24.2 Å². The number of hydrogen-bond donors (Lipinski definition) is 1. The molecule has 0 bridgehead atoms. The number of benzene rings is 2. The molecule has 2 aromatic rings. The molecule has 0 spiro atoms. The highest BCUT2D eigenvalue weighted by molar-refractivity contribution is 6.30. The molecule has 166 valence electrons. The Morgan fingerprint density at radius 1 is 1.00 bits per heavy atom. The predicted molar refractivity (Wildman–Crippen MR) is 116 cm³/mol. The van der Waals surface area contributed by atoms with Crippen molar-refractivity contribution in [3.63, 3.8) is 0 Å². The lowest BCUT2D eigenvalue weighted by Gasteiger charge is -2.37. The van der Waals surface area contributed by atoms with Gasteiger partial charge in [-0.3, -0.25) is 14.5 Å². The molecule has 1 N–H and O–H groups in total. The van der Waals surface area contributed by atoms with Gasteiger partial charge < -0.3 is 10.2 Å². The normalized spacial score (nSPS) is 15.7. The number of hydrogen-bond acceptors (Lipinski definition) is 3. The van der Waals surface area contributed by atoms with Crippen LogP contribution < -0.4 is 5.32 Å². The van der Waals surface area contributed by atoms with Crippen LogP contribution in [0.4, 0.5) is 8.78 Å². The van der Waals surface area contributed by atoms with Crippen LogP contribution in [-0.4, -0.2) is 53.8 Å². The highest BCUT2D eigenvalue weighted by atomic mass is 35.5. The smallest absolute Gasteiger partial charge is 0.257 e. The zero-order chi connectivity index (χ0) is 22.5. The summed E-state index contributed by atoms with van der Waals surface area (Å²) in [5.74, 6) is -3.32. The highest BCUT2D eigenvalue weighted by Gasteiger charge is 2.32. The van der Waals surface area contributed by atoms with Crippen LogP contribution in [0.5, 0.6) is 0 Å². The quantitative estimate of drug-likeness (QED) is 0.731. The Hall–Kier alpha value is -2.51. The molecule has 1 heterocycles. The third-order valence-electron chi connectivity index (χ3n) is 5.41. The summed E-state index contributed by atoms with van der Waals surface area (Å²) in [4.78, 5) is 29.5. The van der Waals surface area contributed by atoms with Gasteiger partial charge in [0.05, 0.1) is 0 Å². The molecule has 0 aliphatic carbocycles. The first kappa shape index (κ1) is 23.2. The van der Waals surface area contributed by atoms with Gasteiger partial charge in [0.2, 0.25) is 5.91 Å². The van der Waals surface area contributed by atoms with Gasteiger partial charge in [0.1, 0.15) is 23.2 Å². The first-order chi connectivity index (χ1) is 14.8. The number of nitrogens with one attached hydrogen (secondary N) is 1. The van der Waals surface area contributed by atoms with E-state index in [1.165, 1.54) is 6.07 Å². The molecular weight excluding hydrogens is 424 g/mol. The number of carbonyl (C=O) groups is 2. The van der Waals surface area contributed by atoms with Gasteiger partial charge in [-0.25, -0.2) is 8.78 Å². The maximum absolute atomic E-state index is 13.9. The SMILES string of the molecule is CC(C)C(NC(=O)c1c(F)cccc1F)C(=O)N1CCN(Cc2ccc(Cl)cc2)CC1. The van der Waals surface area contributed by atoms with Crippen LogP contribution in [0.3, 0.4) is 0 Å². The van der Waals surface area contributed by atoms with Gasteiger partial charge in [0, 0.05) is 37.7 Å². The van der Waals surface area contributed by atoms with Crippen LogP contribution in [0.1, 0.15) is 29.8 Å². The Kier molecular flexibility index (Phi) is 7.62. The lowest BCUT2D eigenvalue weighted by Crippen LogP contribution is -2.56. The summed E-state index contributed by atoms with van der Waals surface area (Å²) in [7, 11) is 0. The fraction of sp³-hybridized carbons (Fsp3) is 0.391. The van der Waals surface area contributed by atoms with Crippen molar-refractivity contribution >= 4 is 23.4 Å². The summed E-state index contributed by atoms with van der Waals surface area (Å²) >= 11 is 5.93. The topological polar surface area (TPSA) is 52.7 Å². The first-order valence-corrected chi connectivity index (χ1v) is 10.6. The minimum atomic E-state index is -0.955. The van der Waals surface area contributed by atoms with Gasteiger partial charge in [-0.1, -0.05) is 43.6 Å². The van der Waals surface area contributed by atoms with Crippen LogP contribution in [0.15, 0.2) is 42.5 Å². The fourth-order valence-electron chi connectivity index (χ4n) is 3.61. The van der Waals surface area contributed by atoms with E-state index in [9.17, 15) is 18.4 Å². The molecule has 1 fully saturated rings. The molecule has 5 nitrogen and oxygen atoms in total. The molecule has 3 rings (SSSR count). The zero-order valence-corrected chi connectivity index (χ0v) is 18.3. The Labute approximate surface area is 186 Å². The minimum absolute atomic E-state index is 0.238. The molecule has 1 aliphatic rings. The number of halogens is 3. The summed E-state index contributed by atoms with van der Waals surface area (Å²) < 4.78 is 27.9. The van der Waals surface area contributed by atoms with Crippen LogP contribution in [-0.2, 0) is 11.3 Å². The molecule has 2 amide bonds. The first-order valence-electron chi connectivity index (χ1n) is 10.3. The van der Waals surface area contributed by atoms with E-state index in [1.807, 2.05) is 24.3 Å². The van der Waals surface area contributed by atoms with Gasteiger partial charge in [0.15, 0.2) is 0 Å². The van der Waals surface area contributed by atoms with Gasteiger partial charge in [0.25, 0.3) is 5.91 Å². The molecule has 1 atom stereocenters. The van der Waals surface area contributed by atoms with E-state index in [4.69, 9.17) is 11.6 Å². The molecule has 0 radical (unpaired) electrons. The van der Waals surface area contributed by atoms with Crippen LogP contribution in [0, 0.1) is 17.6 Å². The third kappa shape index (κ3) is 5.80. The Bertz CT molecular complexity index is 909. The third-order valence-corrected chi connectivity index (χ3v) is 5.66. The highest BCUT2D eigenvalue weighted by Crippen LogP contribution is 2.16. The number of piperazine rings is 1. The monoisotopic (exact) mass is 449 g/mol. The van der Waals surface area contributed by atoms with Crippen molar-refractivity contribution < 1.29 is 18.4 Å². The number of amides is 2. The maximum Gasteiger partial charge on any atom is 0.257 e. The molecular formula is C23H26ClF2N3O2. The predicted octanol–water partition coefficient (Wildman–Crippen LogP) is 3.72. The van der Waals surface area contributed by atoms with E-state index in [1.54, 1.807) is 18.7 Å². The van der Waals surface area contributed by atoms with Crippen molar-refractivity contribution in [2.24, 2.45) is 5.92 Å². The largest absolute Gasteiger partial charge is 0.340 e. The van der Waals surface area contributed by atoms with Crippen LogP contribution in [0.2, 0.25) is 5.02 Å². The average Bonchev–Trinajstić information content (AvgIpc) is 2.73. The summed E-state index contributed by atoms with van der Waals surface area (Å²) in [6.45, 7) is 6.74.